The Bertz CT molecular complexity index is 5900. The molecule has 126 heavy (non-hydrogen) atoms. The summed E-state index contributed by atoms with van der Waals surface area (Å²) in [7, 11) is 8.75. The Balaban J connectivity index is 0.000000197. The van der Waals surface area contributed by atoms with Crippen LogP contribution in [-0.2, 0) is 45.0 Å². The third-order valence-electron chi connectivity index (χ3n) is 19.2. The quantitative estimate of drug-likeness (QED) is 0.0253. The minimum atomic E-state index is -0.495. The van der Waals surface area contributed by atoms with Crippen LogP contribution < -0.4 is 63.8 Å². The number of para-hydroxylation sites is 1. The number of hydrogen-bond acceptors (Lipinski definition) is 18. The first kappa shape index (κ1) is 92.8. The maximum absolute atomic E-state index is 13.2. The molecule has 37 heteroatoms. The van der Waals surface area contributed by atoms with Crippen molar-refractivity contribution in [1.82, 2.24) is 90.9 Å². The van der Waals surface area contributed by atoms with E-state index in [-0.39, 0.29) is 72.2 Å². The molecule has 6 aromatic heterocycles. The van der Waals surface area contributed by atoms with Gasteiger partial charge in [-0.2, -0.15) is 15.3 Å². The van der Waals surface area contributed by atoms with Crippen LogP contribution in [0.3, 0.4) is 0 Å². The molecule has 36 nitrogen and oxygen atoms in total. The molecule has 12 aromatic rings. The number of rotatable bonds is 25. The van der Waals surface area contributed by atoms with Gasteiger partial charge >= 0.3 is 18.1 Å². The van der Waals surface area contributed by atoms with Crippen molar-refractivity contribution in [2.45, 2.75) is 78.6 Å². The average Bonchev–Trinajstić information content (AvgIpc) is 1.65. The Labute approximate surface area is 730 Å². The molecule has 0 unspecified atom stereocenters. The van der Waals surface area contributed by atoms with E-state index in [2.05, 4.69) is 78.8 Å². The highest BCUT2D eigenvalue weighted by Gasteiger charge is 2.30. The first-order valence-electron chi connectivity index (χ1n) is 39.9. The molecule has 12 rings (SSSR count). The summed E-state index contributed by atoms with van der Waals surface area (Å²) in [5.41, 5.74) is 8.03. The van der Waals surface area contributed by atoms with E-state index in [0.717, 1.165) is 59.9 Å². The van der Waals surface area contributed by atoms with E-state index in [1.54, 1.807) is 105 Å². The molecule has 0 saturated heterocycles. The second-order valence-electron chi connectivity index (χ2n) is 31.7. The van der Waals surface area contributed by atoms with E-state index >= 15 is 0 Å². The van der Waals surface area contributed by atoms with Gasteiger partial charge in [0.05, 0.1) is 45.4 Å². The van der Waals surface area contributed by atoms with Gasteiger partial charge in [0.1, 0.15) is 62.5 Å². The number of carbonyl (C=O) groups excluding carboxylic acids is 12. The lowest BCUT2D eigenvalue weighted by molar-refractivity contribution is -0.125. The van der Waals surface area contributed by atoms with E-state index in [4.69, 9.17) is 15.3 Å². The van der Waals surface area contributed by atoms with Crippen LogP contribution in [0.2, 0.25) is 0 Å². The lowest BCUT2D eigenvalue weighted by Gasteiger charge is -2.21. The molecule has 6 heterocycles. The lowest BCUT2D eigenvalue weighted by atomic mass is 9.92. The molecule has 0 atom stereocenters. The zero-order valence-electron chi connectivity index (χ0n) is 72.4. The number of amides is 15. The summed E-state index contributed by atoms with van der Waals surface area (Å²) in [5, 5.41) is 50.2. The Kier molecular flexibility index (Phi) is 30.5. The average molecular weight is 1730 g/mol. The molecule has 0 aliphatic heterocycles. The van der Waals surface area contributed by atoms with Gasteiger partial charge in [-0.25, -0.2) is 38.4 Å². The van der Waals surface area contributed by atoms with Gasteiger partial charge in [0.2, 0.25) is 35.4 Å². The first-order valence-corrected chi connectivity index (χ1v) is 40.7. The molecular formula is C89H102N24O12S. The van der Waals surface area contributed by atoms with Gasteiger partial charge in [-0.3, -0.25) is 69.7 Å². The fourth-order valence-corrected chi connectivity index (χ4v) is 12.8. The second kappa shape index (κ2) is 41.4. The summed E-state index contributed by atoms with van der Waals surface area (Å²) in [6, 6.07) is 52.0. The molecule has 0 fully saturated rings. The number of hydrogen-bond donors (Lipinski definition) is 13. The van der Waals surface area contributed by atoms with Gasteiger partial charge < -0.3 is 56.9 Å². The van der Waals surface area contributed by atoms with Gasteiger partial charge in [-0.1, -0.05) is 111 Å². The number of anilines is 6. The van der Waals surface area contributed by atoms with Crippen molar-refractivity contribution in [3.05, 3.63) is 227 Å². The topological polar surface area (TPSA) is 454 Å². The molecule has 0 spiro atoms. The Morgan fingerprint density at radius 2 is 0.730 bits per heavy atom. The zero-order chi connectivity index (χ0) is 91.3. The predicted octanol–water partition coefficient (Wildman–Crippen LogP) is 10.4. The molecule has 0 saturated carbocycles. The van der Waals surface area contributed by atoms with Gasteiger partial charge in [-0.15, -0.1) is 11.3 Å². The number of nitrogens with zero attached hydrogens (tertiary/aromatic N) is 11. The number of urea groups is 3. The molecule has 0 aliphatic carbocycles. The van der Waals surface area contributed by atoms with Crippen LogP contribution in [0.4, 0.5) is 48.5 Å². The highest BCUT2D eigenvalue weighted by Crippen LogP contribution is 2.32. The number of nitrogens with one attached hydrogen (secondary N) is 13. The van der Waals surface area contributed by atoms with Crippen molar-refractivity contribution in [2.75, 3.05) is 113 Å². The SMILES string of the molecule is CNC(=O)CN(CC(=O)NC)C(=O)c1ccc(-n2nc(C(C)(C)C)cc2NC(=O)Nc2ccc3[nH]ccc3c2)cc1.CNC(=O)CN(CC(=O)NC)C(=O)c1ccc(-n2nc(C(C)(C)C)cc2NC(=O)Nc2ccc3ccccc3n2)cc1.CNC(=O)CN(CC(=O)NC)C(=O)c1ccc(-n2nc(C(C)(C)C)cc2NC(=O)Nc2nc(-c3ccccc3)cs2)cc1. The maximum Gasteiger partial charge on any atom is 0.326 e. The first-order chi connectivity index (χ1) is 59.9. The van der Waals surface area contributed by atoms with Gasteiger partial charge in [0, 0.05) is 133 Å². The van der Waals surface area contributed by atoms with Crippen LogP contribution in [0.15, 0.2) is 194 Å². The van der Waals surface area contributed by atoms with E-state index in [1.165, 1.54) is 58.5 Å². The van der Waals surface area contributed by atoms with Crippen molar-refractivity contribution in [3.63, 3.8) is 0 Å². The van der Waals surface area contributed by atoms with Crippen LogP contribution >= 0.6 is 11.3 Å². The number of aromatic amines is 1. The number of aromatic nitrogens is 9. The normalized spacial score (nSPS) is 11.1. The summed E-state index contributed by atoms with van der Waals surface area (Å²) in [4.78, 5) is 166. The molecule has 0 aliphatic rings. The monoisotopic (exact) mass is 1730 g/mol. The Morgan fingerprint density at radius 1 is 0.365 bits per heavy atom. The number of likely N-dealkylation sites (N-methyl/N-ethyl adjacent to an activating group) is 6. The maximum atomic E-state index is 13.2. The summed E-state index contributed by atoms with van der Waals surface area (Å²) in [6.07, 6.45) is 1.83. The van der Waals surface area contributed by atoms with E-state index in [0.29, 0.717) is 51.2 Å². The lowest BCUT2D eigenvalue weighted by Crippen LogP contribution is -2.44. The molecule has 0 radical (unpaired) electrons. The Hall–Kier alpha value is -15.4. The number of benzene rings is 6. The van der Waals surface area contributed by atoms with Crippen molar-refractivity contribution in [2.24, 2.45) is 0 Å². The highest BCUT2D eigenvalue weighted by atomic mass is 32.1. The predicted molar refractivity (Wildman–Crippen MR) is 484 cm³/mol. The summed E-state index contributed by atoms with van der Waals surface area (Å²) >= 11 is 1.32. The summed E-state index contributed by atoms with van der Waals surface area (Å²) in [5.74, 6) is -2.16. The molecule has 0 bridgehead atoms. The number of pyridine rings is 1. The number of thiazole rings is 1. The van der Waals surface area contributed by atoms with Gasteiger partial charge in [0.25, 0.3) is 17.7 Å². The van der Waals surface area contributed by atoms with Crippen LogP contribution in [0.1, 0.15) is 110 Å². The van der Waals surface area contributed by atoms with Crippen molar-refractivity contribution < 1.29 is 57.5 Å². The number of fused-ring (bicyclic) bond motifs is 2. The molecule has 656 valence electrons. The molecule has 13 N–H and O–H groups in total. The molecular weight excluding hydrogens is 1630 g/mol. The van der Waals surface area contributed by atoms with Crippen LogP contribution in [0, 0.1) is 0 Å². The van der Waals surface area contributed by atoms with Crippen LogP contribution in [-0.4, -0.2) is 212 Å². The third-order valence-corrected chi connectivity index (χ3v) is 20.0. The van der Waals surface area contributed by atoms with Crippen molar-refractivity contribution >= 4 is 138 Å². The van der Waals surface area contributed by atoms with Gasteiger partial charge in [-0.05, 0) is 115 Å². The third kappa shape index (κ3) is 24.9. The largest absolute Gasteiger partial charge is 0.361 e. The van der Waals surface area contributed by atoms with Crippen LogP contribution in [0.25, 0.3) is 50.1 Å². The van der Waals surface area contributed by atoms with E-state index in [9.17, 15) is 57.5 Å². The zero-order valence-corrected chi connectivity index (χ0v) is 73.3. The van der Waals surface area contributed by atoms with E-state index < -0.39 is 71.3 Å². The number of H-pyrrole nitrogens is 1. The van der Waals surface area contributed by atoms with Crippen LogP contribution in [0.5, 0.6) is 0 Å². The van der Waals surface area contributed by atoms with Crippen molar-refractivity contribution in [3.8, 4) is 28.3 Å². The van der Waals surface area contributed by atoms with Gasteiger partial charge in [0.15, 0.2) is 5.13 Å². The highest BCUT2D eigenvalue weighted by molar-refractivity contribution is 7.14. The minimum Gasteiger partial charge on any atom is -0.361 e. The smallest absolute Gasteiger partial charge is 0.326 e. The minimum absolute atomic E-state index is 0.265. The fraction of sp³-hybridized carbons (Fsp3) is 0.270. The van der Waals surface area contributed by atoms with E-state index in [1.807, 2.05) is 165 Å². The Morgan fingerprint density at radius 3 is 1.11 bits per heavy atom. The summed E-state index contributed by atoms with van der Waals surface area (Å²) < 4.78 is 4.75. The van der Waals surface area contributed by atoms with Crippen molar-refractivity contribution in [1.29, 1.82) is 0 Å². The fourth-order valence-electron chi connectivity index (χ4n) is 12.1. The number of carbonyl (C=O) groups is 12. The summed E-state index contributed by atoms with van der Waals surface area (Å²) in [6.45, 7) is 16.5. The molecule has 15 amide bonds. The second-order valence-corrected chi connectivity index (χ2v) is 32.6. The standard InChI is InChI=1S/C30H34N8O4S.C30H34N8O4.C29H34N8O4/c1-30(2,3)23-15-24(34-28(42)35-29-33-22(18-43-29)19-9-7-6-8-10-19)38(36-23)21-13-11-20(12-14-21)27(41)37(16-25(39)31-4)17-26(40)32-5;1-30(2,3)23-16-25(35-29(42)34-24-15-12-19-8-6-7-9-22(19)33-24)38(36-23)21-13-10-20(11-14-21)28(41)37(17-26(39)31-4)18-27(40)32-5;1-29(2,3)23-15-24(34-28(41)33-20-8-11-22-19(14-20)12-13-32-22)37(35-23)21-9-6-18(7-10-21)27(40)36(16-25(38)30-4)17-26(39)31-5/h6-15,18H,16-17H2,1-5H3,(H,31,39)(H,32,40)(H2,33,34,35,42);6-16H,17-18H2,1-5H3,(H,31,39)(H,32,40)(H2,33,34,35,42);6-15,32H,16-17H2,1-5H3,(H,30,38)(H,31,39)(H2,33,34,41). The molecule has 6 aromatic carbocycles.